The number of nitrogens with zero attached hydrogens (tertiary/aromatic N) is 6. The second kappa shape index (κ2) is 10.6. The Morgan fingerprint density at radius 1 is 1.14 bits per heavy atom. The van der Waals surface area contributed by atoms with Crippen molar-refractivity contribution in [3.8, 4) is 5.69 Å². The molecule has 3 aliphatic carbocycles. The lowest BCUT2D eigenvalue weighted by Gasteiger charge is -2.47. The minimum atomic E-state index is -2.98. The molecule has 0 radical (unpaired) electrons. The van der Waals surface area contributed by atoms with Crippen LogP contribution in [0.5, 0.6) is 0 Å². The fourth-order valence-electron chi connectivity index (χ4n) is 6.82. The fourth-order valence-corrected chi connectivity index (χ4v) is 8.92. The van der Waals surface area contributed by atoms with Gasteiger partial charge < -0.3 is 0 Å². The second-order valence-corrected chi connectivity index (χ2v) is 14.1. The number of alkyl halides is 2. The maximum Gasteiger partial charge on any atom is 0.263 e. The summed E-state index contributed by atoms with van der Waals surface area (Å²) in [6, 6.07) is 9.89. The van der Waals surface area contributed by atoms with E-state index >= 15 is 0 Å². The standard InChI is InChI=1S/C32H31F3N6O2S/c1-39-14-12-29(38-39)44(2,43)41(25-9-10-25)26-6-3-22-16-28-21(19-37-40(28)24-7-4-23(33)5-8-24)17-32(22,18-26)30(42)27-15-20(31(34)35)11-13-36-27/h4-5,7-8,11-16,19,25-26,31H,2-3,6,9-10,17-18H2,1H3/t26-,32-,44?/m0/s1. The highest BCUT2D eigenvalue weighted by atomic mass is 32.2. The van der Waals surface area contributed by atoms with Gasteiger partial charge in [-0.25, -0.2) is 26.4 Å². The van der Waals surface area contributed by atoms with E-state index < -0.39 is 21.5 Å². The number of aromatic nitrogens is 5. The van der Waals surface area contributed by atoms with E-state index in [1.165, 1.54) is 30.5 Å². The molecule has 0 aliphatic heterocycles. The highest BCUT2D eigenvalue weighted by Crippen LogP contribution is 2.52. The van der Waals surface area contributed by atoms with Crippen LogP contribution in [0.25, 0.3) is 11.8 Å². The number of carbonyl (C=O) groups excluding carboxylic acids is 1. The first-order valence-electron chi connectivity index (χ1n) is 14.5. The molecule has 1 unspecified atom stereocenters. The molecule has 2 fully saturated rings. The van der Waals surface area contributed by atoms with Crippen molar-refractivity contribution >= 4 is 27.4 Å². The molecule has 7 rings (SSSR count). The summed E-state index contributed by atoms with van der Waals surface area (Å²) in [5, 5.41) is 9.40. The zero-order chi connectivity index (χ0) is 30.8. The molecule has 44 heavy (non-hydrogen) atoms. The smallest absolute Gasteiger partial charge is 0.263 e. The van der Waals surface area contributed by atoms with E-state index in [4.69, 9.17) is 0 Å². The van der Waals surface area contributed by atoms with E-state index in [0.717, 1.165) is 29.7 Å². The van der Waals surface area contributed by atoms with Gasteiger partial charge >= 0.3 is 0 Å². The van der Waals surface area contributed by atoms with Crippen LogP contribution in [0.1, 0.15) is 65.8 Å². The normalized spacial score (nSPS) is 22.8. The predicted octanol–water partition coefficient (Wildman–Crippen LogP) is 5.59. The summed E-state index contributed by atoms with van der Waals surface area (Å²) in [5.74, 6) is 3.47. The number of carbonyl (C=O) groups is 1. The summed E-state index contributed by atoms with van der Waals surface area (Å²) in [6.07, 6.45) is 7.35. The van der Waals surface area contributed by atoms with E-state index in [2.05, 4.69) is 21.1 Å². The van der Waals surface area contributed by atoms with Gasteiger partial charge in [0.15, 0.2) is 10.8 Å². The molecule has 1 aromatic carbocycles. The van der Waals surface area contributed by atoms with Crippen LogP contribution < -0.4 is 0 Å². The maximum atomic E-state index is 14.6. The van der Waals surface area contributed by atoms with E-state index in [9.17, 15) is 22.2 Å². The molecule has 0 saturated heterocycles. The second-order valence-electron chi connectivity index (χ2n) is 11.9. The van der Waals surface area contributed by atoms with Gasteiger partial charge in [0.25, 0.3) is 6.43 Å². The lowest BCUT2D eigenvalue weighted by molar-refractivity contribution is 0.0735. The van der Waals surface area contributed by atoms with Crippen molar-refractivity contribution in [1.82, 2.24) is 28.9 Å². The molecule has 3 aromatic heterocycles. The molecule has 0 bridgehead atoms. The van der Waals surface area contributed by atoms with E-state index in [1.807, 2.05) is 10.4 Å². The van der Waals surface area contributed by atoms with E-state index in [-0.39, 0.29) is 41.4 Å². The Hall–Kier alpha value is -4.03. The number of hydrogen-bond acceptors (Lipinski definition) is 5. The SMILES string of the molecule is C=S(=O)(c1ccn(C)n1)N(C1CC1)[C@H]1CCC2=Cc3c(cnn3-c3ccc(F)cc3)C[C@]2(C(=O)c2cc(C(F)F)ccn2)C1. The van der Waals surface area contributed by atoms with Gasteiger partial charge in [0.2, 0.25) is 0 Å². The average Bonchev–Trinajstić information content (AvgIpc) is 3.59. The van der Waals surface area contributed by atoms with Gasteiger partial charge in [-0.15, -0.1) is 0 Å². The van der Waals surface area contributed by atoms with Crippen molar-refractivity contribution in [2.24, 2.45) is 12.5 Å². The van der Waals surface area contributed by atoms with Crippen LogP contribution >= 0.6 is 0 Å². The van der Waals surface area contributed by atoms with Gasteiger partial charge in [0, 0.05) is 37.1 Å². The molecular formula is C32H31F3N6O2S. The van der Waals surface area contributed by atoms with Crippen molar-refractivity contribution in [2.45, 2.75) is 62.1 Å². The first kappa shape index (κ1) is 28.7. The molecule has 8 nitrogen and oxygen atoms in total. The average molecular weight is 621 g/mol. The van der Waals surface area contributed by atoms with Gasteiger partial charge in [0.1, 0.15) is 11.5 Å². The molecule has 4 aromatic rings. The third kappa shape index (κ3) is 4.80. The summed E-state index contributed by atoms with van der Waals surface area (Å²) < 4.78 is 60.7. The van der Waals surface area contributed by atoms with Gasteiger partial charge in [-0.1, -0.05) is 5.57 Å². The molecule has 228 valence electrons. The van der Waals surface area contributed by atoms with Crippen molar-refractivity contribution in [2.75, 3.05) is 0 Å². The van der Waals surface area contributed by atoms with Gasteiger partial charge in [-0.3, -0.25) is 14.5 Å². The number of benzene rings is 1. The highest BCUT2D eigenvalue weighted by Gasteiger charge is 2.53. The molecule has 3 aliphatic rings. The lowest BCUT2D eigenvalue weighted by Crippen LogP contribution is -2.51. The molecule has 3 atom stereocenters. The zero-order valence-electron chi connectivity index (χ0n) is 24.1. The van der Waals surface area contributed by atoms with Crippen LogP contribution in [0.3, 0.4) is 0 Å². The predicted molar refractivity (Wildman–Crippen MR) is 160 cm³/mol. The van der Waals surface area contributed by atoms with Crippen molar-refractivity contribution in [1.29, 1.82) is 0 Å². The van der Waals surface area contributed by atoms with Gasteiger partial charge in [-0.2, -0.15) is 10.2 Å². The van der Waals surface area contributed by atoms with Crippen molar-refractivity contribution < 1.29 is 22.2 Å². The van der Waals surface area contributed by atoms with Gasteiger partial charge in [0.05, 0.1) is 32.7 Å². The number of pyridine rings is 1. The molecular weight excluding hydrogens is 589 g/mol. The highest BCUT2D eigenvalue weighted by molar-refractivity contribution is 7.98. The zero-order valence-corrected chi connectivity index (χ0v) is 24.9. The molecule has 0 spiro atoms. The first-order valence-corrected chi connectivity index (χ1v) is 16.2. The van der Waals surface area contributed by atoms with E-state index in [1.54, 1.807) is 47.0 Å². The van der Waals surface area contributed by atoms with Crippen LogP contribution in [-0.2, 0) is 23.2 Å². The lowest BCUT2D eigenvalue weighted by atomic mass is 9.60. The Morgan fingerprint density at radius 2 is 1.91 bits per heavy atom. The van der Waals surface area contributed by atoms with Crippen LogP contribution in [0.4, 0.5) is 13.2 Å². The number of aryl methyl sites for hydroxylation is 1. The monoisotopic (exact) mass is 620 g/mol. The number of fused-ring (bicyclic) bond motifs is 2. The van der Waals surface area contributed by atoms with Gasteiger partial charge in [-0.05, 0) is 98.5 Å². The number of hydrogen-bond donors (Lipinski definition) is 0. The quantitative estimate of drug-likeness (QED) is 0.189. The van der Waals surface area contributed by atoms with Crippen LogP contribution in [0.15, 0.2) is 71.7 Å². The van der Waals surface area contributed by atoms with Crippen LogP contribution in [-0.4, -0.2) is 56.8 Å². The largest absolute Gasteiger partial charge is 0.291 e. The fraction of sp³-hybridized carbons (Fsp3) is 0.344. The Labute approximate surface area is 253 Å². The topological polar surface area (TPSA) is 85.9 Å². The third-order valence-corrected chi connectivity index (χ3v) is 11.2. The number of rotatable bonds is 8. The molecule has 3 heterocycles. The molecule has 12 heteroatoms. The van der Waals surface area contributed by atoms with E-state index in [0.29, 0.717) is 30.0 Å². The minimum absolute atomic E-state index is 0.0261. The Bertz CT molecular complexity index is 1890. The third-order valence-electron chi connectivity index (χ3n) is 9.03. The van der Waals surface area contributed by atoms with Crippen LogP contribution in [0, 0.1) is 11.2 Å². The molecule has 2 saturated carbocycles. The Kier molecular flexibility index (Phi) is 6.89. The maximum absolute atomic E-state index is 14.6. The molecule has 0 amide bonds. The number of halogens is 3. The Balaban J connectivity index is 1.33. The Morgan fingerprint density at radius 3 is 2.59 bits per heavy atom. The number of allylic oxidation sites excluding steroid dienone is 1. The van der Waals surface area contributed by atoms with Crippen LogP contribution in [0.2, 0.25) is 0 Å². The molecule has 0 N–H and O–H groups in total. The summed E-state index contributed by atoms with van der Waals surface area (Å²) in [6.45, 7) is 0. The summed E-state index contributed by atoms with van der Waals surface area (Å²) in [5.41, 5.74) is 1.70. The summed E-state index contributed by atoms with van der Waals surface area (Å²) >= 11 is 0. The first-order chi connectivity index (χ1) is 21.1. The van der Waals surface area contributed by atoms with Crippen molar-refractivity contribution in [3.63, 3.8) is 0 Å². The summed E-state index contributed by atoms with van der Waals surface area (Å²) in [7, 11) is -1.21. The number of ketones is 1. The minimum Gasteiger partial charge on any atom is -0.291 e. The number of Topliss-reactive ketones (excluding diaryl/α,β-unsaturated/α-hetero) is 1. The summed E-state index contributed by atoms with van der Waals surface area (Å²) in [4.78, 5) is 18.8. The van der Waals surface area contributed by atoms with Crippen molar-refractivity contribution in [3.05, 3.63) is 95.0 Å².